The van der Waals surface area contributed by atoms with E-state index in [0.29, 0.717) is 16.6 Å². The molecule has 0 saturated carbocycles. The minimum absolute atomic E-state index is 0.659. The van der Waals surface area contributed by atoms with E-state index in [1.54, 1.807) is 0 Å². The molecule has 3 heteroatoms. The Morgan fingerprint density at radius 2 is 1.53 bits per heavy atom. The van der Waals surface area contributed by atoms with Crippen molar-refractivity contribution in [3.63, 3.8) is 0 Å². The van der Waals surface area contributed by atoms with Crippen molar-refractivity contribution in [1.29, 1.82) is 0 Å². The highest BCUT2D eigenvalue weighted by Crippen LogP contribution is 2.40. The first kappa shape index (κ1) is 16.5. The van der Waals surface area contributed by atoms with Gasteiger partial charge in [-0.25, -0.2) is 4.98 Å². The first-order valence-electron chi connectivity index (χ1n) is 6.96. The fraction of sp³-hybridized carbons (Fsp3) is 0.562. The first-order valence-corrected chi connectivity index (χ1v) is 9.99. The zero-order valence-corrected chi connectivity index (χ0v) is 15.4. The van der Waals surface area contributed by atoms with Crippen LogP contribution in [0.3, 0.4) is 0 Å². The summed E-state index contributed by atoms with van der Waals surface area (Å²) < 4.78 is 0.852. The van der Waals surface area contributed by atoms with E-state index in [1.165, 1.54) is 0 Å². The largest absolute Gasteiger partial charge is 0.232 e. The molecule has 1 aromatic rings. The lowest BCUT2D eigenvalue weighted by molar-refractivity contribution is 0.838. The van der Waals surface area contributed by atoms with Gasteiger partial charge in [0, 0.05) is 0 Å². The molecule has 104 valence electrons. The average molecular weight is 338 g/mol. The zero-order chi connectivity index (χ0) is 14.6. The topological polar surface area (TPSA) is 12.9 Å². The van der Waals surface area contributed by atoms with Crippen LogP contribution < -0.4 is 0 Å². The van der Waals surface area contributed by atoms with Crippen LogP contribution in [-0.4, -0.2) is 13.1 Å². The predicted molar refractivity (Wildman–Crippen MR) is 89.9 cm³/mol. The van der Waals surface area contributed by atoms with Gasteiger partial charge in [0.25, 0.3) is 0 Å². The zero-order valence-electron chi connectivity index (χ0n) is 12.8. The molecule has 0 spiro atoms. The van der Waals surface area contributed by atoms with Crippen molar-refractivity contribution in [2.75, 3.05) is 0 Å². The van der Waals surface area contributed by atoms with Crippen LogP contribution in [0.2, 0.25) is 16.6 Å². The molecule has 0 radical (unpaired) electrons. The Bertz CT molecular complexity index is 461. The van der Waals surface area contributed by atoms with Crippen molar-refractivity contribution >= 4 is 24.0 Å². The summed E-state index contributed by atoms with van der Waals surface area (Å²) in [5.74, 6) is 3.34. The average Bonchev–Trinajstić information content (AvgIpc) is 2.28. The maximum Gasteiger partial charge on any atom is 0.146 e. The lowest BCUT2D eigenvalue weighted by atomic mass is 10.4. The third-order valence-corrected chi connectivity index (χ3v) is 10.7. The van der Waals surface area contributed by atoms with Crippen LogP contribution in [-0.2, 0) is 0 Å². The summed E-state index contributed by atoms with van der Waals surface area (Å²) >= 11 is 3.40. The van der Waals surface area contributed by atoms with Crippen molar-refractivity contribution in [1.82, 2.24) is 4.98 Å². The first-order chi connectivity index (χ1) is 8.80. The third kappa shape index (κ3) is 3.70. The van der Waals surface area contributed by atoms with Gasteiger partial charge in [0.05, 0.1) is 0 Å². The second-order valence-electron chi connectivity index (χ2n) is 5.99. The fourth-order valence-corrected chi connectivity index (χ4v) is 8.64. The monoisotopic (exact) mass is 337 g/mol. The van der Waals surface area contributed by atoms with Gasteiger partial charge in [0.15, 0.2) is 0 Å². The maximum absolute atomic E-state index is 4.42. The molecule has 1 heterocycles. The van der Waals surface area contributed by atoms with Crippen molar-refractivity contribution in [3.05, 3.63) is 28.5 Å². The molecule has 0 aromatic carbocycles. The molecule has 19 heavy (non-hydrogen) atoms. The van der Waals surface area contributed by atoms with E-state index in [4.69, 9.17) is 0 Å². The van der Waals surface area contributed by atoms with Gasteiger partial charge in [-0.3, -0.25) is 0 Å². The molecule has 0 aliphatic carbocycles. The third-order valence-electron chi connectivity index (χ3n) is 3.99. The van der Waals surface area contributed by atoms with Crippen LogP contribution in [0, 0.1) is 11.5 Å². The summed E-state index contributed by atoms with van der Waals surface area (Å²) in [6, 6.07) is 5.91. The minimum atomic E-state index is -1.64. The molecule has 0 N–H and O–H groups in total. The van der Waals surface area contributed by atoms with Crippen LogP contribution in [0.15, 0.2) is 22.8 Å². The number of hydrogen-bond acceptors (Lipinski definition) is 1. The molecule has 0 aliphatic heterocycles. The van der Waals surface area contributed by atoms with E-state index < -0.39 is 8.07 Å². The molecule has 0 atom stereocenters. The summed E-state index contributed by atoms with van der Waals surface area (Å²) in [7, 11) is -1.64. The summed E-state index contributed by atoms with van der Waals surface area (Å²) in [5, 5.41) is 0. The molecule has 0 fully saturated rings. The molecule has 0 bridgehead atoms. The number of hydrogen-bond donors (Lipinski definition) is 0. The smallest absolute Gasteiger partial charge is 0.146 e. The molecule has 1 rings (SSSR count). The summed E-state index contributed by atoms with van der Waals surface area (Å²) in [4.78, 5) is 4.42. The molecule has 0 amide bonds. The molecule has 1 aromatic heterocycles. The fourth-order valence-electron chi connectivity index (χ4n) is 3.08. The highest BCUT2D eigenvalue weighted by atomic mass is 79.9. The summed E-state index contributed by atoms with van der Waals surface area (Å²) in [5.41, 5.74) is 6.53. The highest BCUT2D eigenvalue weighted by Gasteiger charge is 2.41. The lowest BCUT2D eigenvalue weighted by Gasteiger charge is -2.38. The Morgan fingerprint density at radius 1 is 1.00 bits per heavy atom. The maximum atomic E-state index is 4.42. The summed E-state index contributed by atoms with van der Waals surface area (Å²) in [6.07, 6.45) is 0. The second kappa shape index (κ2) is 6.72. The van der Waals surface area contributed by atoms with Crippen LogP contribution in [0.4, 0.5) is 0 Å². The van der Waals surface area contributed by atoms with Gasteiger partial charge < -0.3 is 0 Å². The Hall–Kier alpha value is -0.593. The summed E-state index contributed by atoms with van der Waals surface area (Å²) in [6.45, 7) is 14.0. The Balaban J connectivity index is 3.23. The van der Waals surface area contributed by atoms with Gasteiger partial charge in [-0.2, -0.15) is 0 Å². The number of rotatable bonds is 3. The molecular weight excluding hydrogens is 314 g/mol. The van der Waals surface area contributed by atoms with Crippen molar-refractivity contribution in [3.8, 4) is 11.5 Å². The van der Waals surface area contributed by atoms with Crippen LogP contribution in [0.1, 0.15) is 47.2 Å². The number of halogens is 1. The van der Waals surface area contributed by atoms with Crippen molar-refractivity contribution in [2.24, 2.45) is 0 Å². The van der Waals surface area contributed by atoms with E-state index in [1.807, 2.05) is 18.2 Å². The van der Waals surface area contributed by atoms with Gasteiger partial charge in [0.2, 0.25) is 0 Å². The van der Waals surface area contributed by atoms with Gasteiger partial charge >= 0.3 is 0 Å². The number of pyridine rings is 1. The quantitative estimate of drug-likeness (QED) is 0.408. The van der Waals surface area contributed by atoms with Crippen molar-refractivity contribution in [2.45, 2.75) is 58.2 Å². The van der Waals surface area contributed by atoms with E-state index in [-0.39, 0.29) is 0 Å². The van der Waals surface area contributed by atoms with Crippen LogP contribution >= 0.6 is 15.9 Å². The Morgan fingerprint density at radius 3 is 1.95 bits per heavy atom. The van der Waals surface area contributed by atoms with Gasteiger partial charge in [-0.1, -0.05) is 53.5 Å². The standard InChI is InChI=1S/C16H24BrNSi/c1-12(2)19(13(3)4,14(5)6)11-10-15-8-7-9-16(17)18-15/h7-9,12-14H,1-6H3. The van der Waals surface area contributed by atoms with E-state index in [9.17, 15) is 0 Å². The Labute approximate surface area is 127 Å². The minimum Gasteiger partial charge on any atom is -0.232 e. The Kier molecular flexibility index (Phi) is 5.82. The molecule has 0 saturated heterocycles. The molecule has 0 aliphatic rings. The normalized spacial score (nSPS) is 11.9. The van der Waals surface area contributed by atoms with Gasteiger partial charge in [0.1, 0.15) is 18.4 Å². The molecule has 0 unspecified atom stereocenters. The SMILES string of the molecule is CC(C)[Si](C#Cc1cccc(Br)n1)(C(C)C)C(C)C. The van der Waals surface area contributed by atoms with Gasteiger partial charge in [-0.15, -0.1) is 5.54 Å². The van der Waals surface area contributed by atoms with E-state index in [2.05, 4.69) is 73.9 Å². The van der Waals surface area contributed by atoms with Crippen LogP contribution in [0.5, 0.6) is 0 Å². The highest BCUT2D eigenvalue weighted by molar-refractivity contribution is 9.10. The molecule has 1 nitrogen and oxygen atoms in total. The second-order valence-corrected chi connectivity index (χ2v) is 12.4. The lowest BCUT2D eigenvalue weighted by Crippen LogP contribution is -2.43. The number of aromatic nitrogens is 1. The number of nitrogens with zero attached hydrogens (tertiary/aromatic N) is 1. The van der Waals surface area contributed by atoms with E-state index >= 15 is 0 Å². The van der Waals surface area contributed by atoms with E-state index in [0.717, 1.165) is 10.3 Å². The predicted octanol–water partition coefficient (Wildman–Crippen LogP) is 5.41. The molecular formula is C16H24BrNSi. The van der Waals surface area contributed by atoms with Crippen LogP contribution in [0.25, 0.3) is 0 Å². The van der Waals surface area contributed by atoms with Crippen molar-refractivity contribution < 1.29 is 0 Å². The van der Waals surface area contributed by atoms with Gasteiger partial charge in [-0.05, 0) is 44.7 Å².